The minimum Gasteiger partial charge on any atom is -0.490 e. The zero-order valence-electron chi connectivity index (χ0n) is 15.0. The van der Waals surface area contributed by atoms with Crippen molar-refractivity contribution in [3.63, 3.8) is 0 Å². The number of ether oxygens (including phenoxy) is 2. The quantitative estimate of drug-likeness (QED) is 0.740. The second-order valence-corrected chi connectivity index (χ2v) is 7.21. The Morgan fingerprint density at radius 1 is 1.11 bits per heavy atom. The molecule has 1 fully saturated rings. The standard InChI is InChI=1S/C21H21N3O3/c25-20(11-13-2-7-18-19(10-13)27-9-1-8-26-18)22-21-16-12-15(14-3-4-14)5-6-17(16)23-24-21/h2,5-7,10,12,14H,1,3-4,8-9,11H2,(H2,22,23,24,25). The summed E-state index contributed by atoms with van der Waals surface area (Å²) in [6, 6.07) is 12.0. The van der Waals surface area contributed by atoms with Gasteiger partial charge in [-0.2, -0.15) is 5.10 Å². The molecule has 0 bridgehead atoms. The van der Waals surface area contributed by atoms with Gasteiger partial charge in [0.05, 0.1) is 25.2 Å². The van der Waals surface area contributed by atoms with E-state index in [1.165, 1.54) is 18.4 Å². The summed E-state index contributed by atoms with van der Waals surface area (Å²) in [7, 11) is 0. The highest BCUT2D eigenvalue weighted by Crippen LogP contribution is 2.41. The molecule has 5 rings (SSSR count). The van der Waals surface area contributed by atoms with E-state index >= 15 is 0 Å². The number of hydrogen-bond donors (Lipinski definition) is 2. The van der Waals surface area contributed by atoms with Crippen LogP contribution >= 0.6 is 0 Å². The van der Waals surface area contributed by atoms with Gasteiger partial charge in [-0.15, -0.1) is 0 Å². The predicted molar refractivity (Wildman–Crippen MR) is 102 cm³/mol. The predicted octanol–water partition coefficient (Wildman–Crippen LogP) is 3.78. The summed E-state index contributed by atoms with van der Waals surface area (Å²) in [5.41, 5.74) is 3.14. The number of H-pyrrole nitrogens is 1. The third-order valence-electron chi connectivity index (χ3n) is 5.07. The van der Waals surface area contributed by atoms with Crippen molar-refractivity contribution in [3.05, 3.63) is 47.5 Å². The molecule has 1 aromatic heterocycles. The highest BCUT2D eigenvalue weighted by molar-refractivity contribution is 6.00. The monoisotopic (exact) mass is 363 g/mol. The van der Waals surface area contributed by atoms with Gasteiger partial charge < -0.3 is 14.8 Å². The van der Waals surface area contributed by atoms with Gasteiger partial charge in [0.1, 0.15) is 0 Å². The van der Waals surface area contributed by atoms with Crippen molar-refractivity contribution < 1.29 is 14.3 Å². The maximum atomic E-state index is 12.6. The number of fused-ring (bicyclic) bond motifs is 2. The number of anilines is 1. The fourth-order valence-corrected chi connectivity index (χ4v) is 3.48. The number of benzene rings is 2. The first kappa shape index (κ1) is 16.2. The second-order valence-electron chi connectivity index (χ2n) is 7.21. The summed E-state index contributed by atoms with van der Waals surface area (Å²) in [5, 5.41) is 11.2. The molecule has 1 aliphatic carbocycles. The molecule has 2 heterocycles. The van der Waals surface area contributed by atoms with Crippen molar-refractivity contribution in [2.75, 3.05) is 18.5 Å². The molecule has 1 aliphatic heterocycles. The number of nitrogens with one attached hydrogen (secondary N) is 2. The lowest BCUT2D eigenvalue weighted by atomic mass is 10.1. The molecule has 2 N–H and O–H groups in total. The Labute approximate surface area is 156 Å². The first-order valence-corrected chi connectivity index (χ1v) is 9.43. The van der Waals surface area contributed by atoms with Crippen LogP contribution in [0.1, 0.15) is 36.3 Å². The van der Waals surface area contributed by atoms with E-state index in [2.05, 4.69) is 27.6 Å². The van der Waals surface area contributed by atoms with E-state index in [0.29, 0.717) is 30.7 Å². The van der Waals surface area contributed by atoms with Gasteiger partial charge in [0.2, 0.25) is 5.91 Å². The Balaban J connectivity index is 1.33. The van der Waals surface area contributed by atoms with Crippen LogP contribution in [0.5, 0.6) is 11.5 Å². The van der Waals surface area contributed by atoms with Crippen LogP contribution in [0.3, 0.4) is 0 Å². The van der Waals surface area contributed by atoms with Crippen molar-refractivity contribution in [1.29, 1.82) is 0 Å². The number of carbonyl (C=O) groups excluding carboxylic acids is 1. The van der Waals surface area contributed by atoms with Crippen LogP contribution < -0.4 is 14.8 Å². The van der Waals surface area contributed by atoms with Gasteiger partial charge in [-0.1, -0.05) is 12.1 Å². The molecular weight excluding hydrogens is 342 g/mol. The summed E-state index contributed by atoms with van der Waals surface area (Å²) in [6.45, 7) is 1.28. The number of amides is 1. The number of aromatic amines is 1. The Kier molecular flexibility index (Phi) is 3.96. The third kappa shape index (κ3) is 3.35. The normalized spacial score (nSPS) is 16.1. The number of nitrogens with zero attached hydrogens (tertiary/aromatic N) is 1. The van der Waals surface area contributed by atoms with Crippen molar-refractivity contribution in [2.45, 2.75) is 31.6 Å². The second kappa shape index (κ2) is 6.61. The van der Waals surface area contributed by atoms with Crippen molar-refractivity contribution in [2.24, 2.45) is 0 Å². The fourth-order valence-electron chi connectivity index (χ4n) is 3.48. The van der Waals surface area contributed by atoms with Crippen LogP contribution in [0.15, 0.2) is 36.4 Å². The highest BCUT2D eigenvalue weighted by atomic mass is 16.5. The number of hydrogen-bond acceptors (Lipinski definition) is 4. The molecule has 2 aliphatic rings. The third-order valence-corrected chi connectivity index (χ3v) is 5.07. The minimum atomic E-state index is -0.102. The van der Waals surface area contributed by atoms with E-state index < -0.39 is 0 Å². The molecule has 138 valence electrons. The first-order chi connectivity index (χ1) is 13.3. The van der Waals surface area contributed by atoms with Crippen LogP contribution in [0, 0.1) is 0 Å². The first-order valence-electron chi connectivity index (χ1n) is 9.43. The summed E-state index contributed by atoms with van der Waals surface area (Å²) >= 11 is 0. The molecule has 0 saturated heterocycles. The van der Waals surface area contributed by atoms with E-state index in [9.17, 15) is 4.79 Å². The van der Waals surface area contributed by atoms with Gasteiger partial charge >= 0.3 is 0 Å². The number of rotatable bonds is 4. The van der Waals surface area contributed by atoms with E-state index in [1.54, 1.807) is 0 Å². The van der Waals surface area contributed by atoms with Gasteiger partial charge in [0, 0.05) is 11.8 Å². The van der Waals surface area contributed by atoms with Gasteiger partial charge in [0.15, 0.2) is 17.3 Å². The average molecular weight is 363 g/mol. The minimum absolute atomic E-state index is 0.102. The van der Waals surface area contributed by atoms with Crippen LogP contribution in [0.25, 0.3) is 10.9 Å². The Hall–Kier alpha value is -3.02. The summed E-state index contributed by atoms with van der Waals surface area (Å²) in [6.07, 6.45) is 3.61. The molecule has 0 radical (unpaired) electrons. The Morgan fingerprint density at radius 3 is 2.81 bits per heavy atom. The van der Waals surface area contributed by atoms with Crippen LogP contribution in [-0.2, 0) is 11.2 Å². The van der Waals surface area contributed by atoms with E-state index in [4.69, 9.17) is 9.47 Å². The molecule has 6 nitrogen and oxygen atoms in total. The molecule has 0 unspecified atom stereocenters. The van der Waals surface area contributed by atoms with Gasteiger partial charge in [-0.3, -0.25) is 9.89 Å². The fraction of sp³-hybridized carbons (Fsp3) is 0.333. The Morgan fingerprint density at radius 2 is 1.96 bits per heavy atom. The van der Waals surface area contributed by atoms with Crippen molar-refractivity contribution in [3.8, 4) is 11.5 Å². The summed E-state index contributed by atoms with van der Waals surface area (Å²) in [5.74, 6) is 2.59. The highest BCUT2D eigenvalue weighted by Gasteiger charge is 2.24. The van der Waals surface area contributed by atoms with Crippen LogP contribution in [-0.4, -0.2) is 29.3 Å². The molecule has 27 heavy (non-hydrogen) atoms. The van der Waals surface area contributed by atoms with Gasteiger partial charge in [-0.25, -0.2) is 0 Å². The topological polar surface area (TPSA) is 76.2 Å². The van der Waals surface area contributed by atoms with E-state index in [0.717, 1.165) is 28.6 Å². The SMILES string of the molecule is O=C(Cc1ccc2c(c1)OCCCO2)Nc1n[nH]c2ccc(C3CC3)cc12. The zero-order chi connectivity index (χ0) is 18.2. The molecule has 0 atom stereocenters. The number of aromatic nitrogens is 2. The van der Waals surface area contributed by atoms with E-state index in [1.807, 2.05) is 24.3 Å². The molecule has 6 heteroatoms. The molecular formula is C21H21N3O3. The van der Waals surface area contributed by atoms with Crippen LogP contribution in [0.4, 0.5) is 5.82 Å². The molecule has 3 aromatic rings. The lowest BCUT2D eigenvalue weighted by Crippen LogP contribution is -2.15. The lowest BCUT2D eigenvalue weighted by Gasteiger charge is -2.09. The zero-order valence-corrected chi connectivity index (χ0v) is 15.0. The van der Waals surface area contributed by atoms with Gasteiger partial charge in [0.25, 0.3) is 0 Å². The largest absolute Gasteiger partial charge is 0.490 e. The smallest absolute Gasteiger partial charge is 0.230 e. The molecule has 1 amide bonds. The Bertz CT molecular complexity index is 1010. The van der Waals surface area contributed by atoms with Crippen molar-refractivity contribution >= 4 is 22.6 Å². The van der Waals surface area contributed by atoms with E-state index in [-0.39, 0.29) is 12.3 Å². The summed E-state index contributed by atoms with van der Waals surface area (Å²) < 4.78 is 11.3. The maximum absolute atomic E-state index is 12.6. The number of carbonyl (C=O) groups is 1. The molecule has 1 saturated carbocycles. The average Bonchev–Trinajstić information content (AvgIpc) is 3.48. The van der Waals surface area contributed by atoms with Crippen LogP contribution in [0.2, 0.25) is 0 Å². The maximum Gasteiger partial charge on any atom is 0.230 e. The molecule has 0 spiro atoms. The summed E-state index contributed by atoms with van der Waals surface area (Å²) in [4.78, 5) is 12.6. The van der Waals surface area contributed by atoms with Crippen molar-refractivity contribution in [1.82, 2.24) is 10.2 Å². The molecule has 2 aromatic carbocycles. The lowest BCUT2D eigenvalue weighted by molar-refractivity contribution is -0.115. The van der Waals surface area contributed by atoms with Gasteiger partial charge in [-0.05, 0) is 54.2 Å².